The van der Waals surface area contributed by atoms with Crippen molar-refractivity contribution in [2.24, 2.45) is 0 Å². The normalized spacial score (nSPS) is 22.3. The lowest BCUT2D eigenvalue weighted by Crippen LogP contribution is -2.54. The summed E-state index contributed by atoms with van der Waals surface area (Å²) in [5, 5.41) is 3.68. The van der Waals surface area contributed by atoms with Crippen LogP contribution < -0.4 is 19.5 Å². The average molecular weight is 500 g/mol. The lowest BCUT2D eigenvalue weighted by molar-refractivity contribution is -0.288. The summed E-state index contributed by atoms with van der Waals surface area (Å²) in [6, 6.07) is 9.75. The zero-order valence-electron chi connectivity index (χ0n) is 21.8. The largest absolute Gasteiger partial charge is 0.492 e. The fourth-order valence-corrected chi connectivity index (χ4v) is 4.84. The molecule has 2 aliphatic heterocycles. The van der Waals surface area contributed by atoms with Crippen molar-refractivity contribution in [1.82, 2.24) is 5.32 Å². The highest BCUT2D eigenvalue weighted by Crippen LogP contribution is 2.53. The number of hydrogen-bond donors (Lipinski definition) is 1. The van der Waals surface area contributed by atoms with Gasteiger partial charge in [0.1, 0.15) is 18.5 Å². The summed E-state index contributed by atoms with van der Waals surface area (Å²) in [5.74, 6) is 1.12. The van der Waals surface area contributed by atoms with Gasteiger partial charge in [-0.15, -0.1) is 0 Å². The highest BCUT2D eigenvalue weighted by molar-refractivity contribution is 5.65. The highest BCUT2D eigenvalue weighted by atomic mass is 16.7. The molecule has 1 fully saturated rings. The van der Waals surface area contributed by atoms with E-state index in [1.807, 2.05) is 51.1 Å². The quantitative estimate of drug-likeness (QED) is 0.355. The maximum absolute atomic E-state index is 6.48. The van der Waals surface area contributed by atoms with Gasteiger partial charge in [0.05, 0.1) is 39.0 Å². The fraction of sp³-hybridized carbons (Fsp3) is 0.500. The molecule has 196 valence electrons. The van der Waals surface area contributed by atoms with Crippen LogP contribution in [0.3, 0.4) is 0 Å². The Morgan fingerprint density at radius 1 is 1.08 bits per heavy atom. The topological polar surface area (TPSA) is 76.6 Å². The highest BCUT2D eigenvalue weighted by Gasteiger charge is 2.47. The van der Waals surface area contributed by atoms with Crippen LogP contribution in [0.5, 0.6) is 17.2 Å². The molecule has 0 bridgehead atoms. The van der Waals surface area contributed by atoms with Gasteiger partial charge in [0.15, 0.2) is 24.1 Å². The molecule has 0 aromatic heterocycles. The van der Waals surface area contributed by atoms with E-state index in [9.17, 15) is 0 Å². The number of fused-ring (bicyclic) bond motifs is 3. The van der Waals surface area contributed by atoms with Gasteiger partial charge >= 0.3 is 0 Å². The summed E-state index contributed by atoms with van der Waals surface area (Å²) < 4.78 is 42.2. The van der Waals surface area contributed by atoms with Crippen LogP contribution in [-0.4, -0.2) is 52.7 Å². The first kappa shape index (κ1) is 26.4. The molecule has 0 aliphatic carbocycles. The lowest BCUT2D eigenvalue weighted by atomic mass is 9.84. The molecule has 4 rings (SSSR count). The third-order valence-corrected chi connectivity index (χ3v) is 6.37. The number of hydrogen-bond acceptors (Lipinski definition) is 8. The molecule has 8 heteroatoms. The van der Waals surface area contributed by atoms with Gasteiger partial charge in [-0.1, -0.05) is 43.0 Å². The Labute approximate surface area is 213 Å². The van der Waals surface area contributed by atoms with Crippen molar-refractivity contribution in [3.05, 3.63) is 65.2 Å². The van der Waals surface area contributed by atoms with E-state index in [0.717, 1.165) is 22.3 Å². The standard InChI is InChI=1S/C28H37NO7/c1-7-13-33-24-18(2)25(31-6)27(34-17-30-5)22-20(15-32-14-19-11-9-8-10-12-19)29-21-16-35-28(3,4)36-26(21)23(22)24/h7-12,20-21,26,29H,1,13-17H2,2-6H3/t20-,21+,26-/m0/s1. The number of benzene rings is 2. The van der Waals surface area contributed by atoms with Gasteiger partial charge in [-0.25, -0.2) is 0 Å². The second-order valence-electron chi connectivity index (χ2n) is 9.37. The van der Waals surface area contributed by atoms with Gasteiger partial charge in [0.25, 0.3) is 0 Å². The van der Waals surface area contributed by atoms with Crippen LogP contribution in [-0.2, 0) is 25.6 Å². The minimum atomic E-state index is -0.756. The van der Waals surface area contributed by atoms with Gasteiger partial charge in [-0.05, 0) is 26.3 Å². The van der Waals surface area contributed by atoms with Crippen molar-refractivity contribution >= 4 is 0 Å². The molecule has 0 spiro atoms. The van der Waals surface area contributed by atoms with Crippen LogP contribution in [0, 0.1) is 6.92 Å². The molecule has 0 saturated carbocycles. The van der Waals surface area contributed by atoms with Gasteiger partial charge in [0, 0.05) is 23.8 Å². The van der Waals surface area contributed by atoms with Crippen LogP contribution in [0.1, 0.15) is 48.2 Å². The fourth-order valence-electron chi connectivity index (χ4n) is 4.84. The Kier molecular flexibility index (Phi) is 8.54. The molecule has 1 N–H and O–H groups in total. The molecule has 2 aromatic rings. The van der Waals surface area contributed by atoms with Crippen molar-refractivity contribution < 1.29 is 33.2 Å². The SMILES string of the molecule is C=CCOc1c(C)c(OC)c(OCOC)c2c1[C@H]1OC(C)(C)OC[C@H]1N[C@H]2COCc1ccccc1. The molecule has 2 aliphatic rings. The van der Waals surface area contributed by atoms with E-state index in [-0.39, 0.29) is 25.0 Å². The Hall–Kier alpha value is -2.62. The Morgan fingerprint density at radius 3 is 2.56 bits per heavy atom. The Morgan fingerprint density at radius 2 is 1.86 bits per heavy atom. The minimum Gasteiger partial charge on any atom is -0.492 e. The van der Waals surface area contributed by atoms with Crippen molar-refractivity contribution in [1.29, 1.82) is 0 Å². The van der Waals surface area contributed by atoms with E-state index >= 15 is 0 Å². The van der Waals surface area contributed by atoms with Crippen LogP contribution in [0.15, 0.2) is 43.0 Å². The van der Waals surface area contributed by atoms with Crippen LogP contribution in [0.25, 0.3) is 0 Å². The van der Waals surface area contributed by atoms with E-state index in [2.05, 4.69) is 11.9 Å². The summed E-state index contributed by atoms with van der Waals surface area (Å²) in [6.07, 6.45) is 1.39. The van der Waals surface area contributed by atoms with E-state index in [0.29, 0.717) is 43.7 Å². The Balaban J connectivity index is 1.81. The van der Waals surface area contributed by atoms with Crippen LogP contribution in [0.2, 0.25) is 0 Å². The smallest absolute Gasteiger partial charge is 0.188 e. The third-order valence-electron chi connectivity index (χ3n) is 6.37. The first-order chi connectivity index (χ1) is 17.4. The van der Waals surface area contributed by atoms with Gasteiger partial charge in [0.2, 0.25) is 0 Å². The van der Waals surface area contributed by atoms with Crippen LogP contribution >= 0.6 is 0 Å². The molecule has 2 heterocycles. The zero-order chi connectivity index (χ0) is 25.7. The summed E-state index contributed by atoms with van der Waals surface area (Å²) in [7, 11) is 3.21. The summed E-state index contributed by atoms with van der Waals surface area (Å²) in [6.45, 7) is 11.4. The molecule has 36 heavy (non-hydrogen) atoms. The second kappa shape index (κ2) is 11.6. The van der Waals surface area contributed by atoms with Crippen molar-refractivity contribution in [2.75, 3.05) is 40.8 Å². The van der Waals surface area contributed by atoms with E-state index in [1.54, 1.807) is 20.3 Å². The predicted molar refractivity (Wildman–Crippen MR) is 136 cm³/mol. The predicted octanol–water partition coefficient (Wildman–Crippen LogP) is 4.60. The molecular weight excluding hydrogens is 462 g/mol. The molecule has 8 nitrogen and oxygen atoms in total. The Bertz CT molecular complexity index is 1040. The summed E-state index contributed by atoms with van der Waals surface area (Å²) in [5.41, 5.74) is 3.71. The molecule has 0 radical (unpaired) electrons. The molecule has 0 unspecified atom stereocenters. The zero-order valence-corrected chi connectivity index (χ0v) is 21.8. The average Bonchev–Trinajstić information content (AvgIpc) is 2.87. The first-order valence-corrected chi connectivity index (χ1v) is 12.2. The summed E-state index contributed by atoms with van der Waals surface area (Å²) >= 11 is 0. The molecule has 2 aromatic carbocycles. The first-order valence-electron chi connectivity index (χ1n) is 12.2. The second-order valence-corrected chi connectivity index (χ2v) is 9.37. The van der Waals surface area contributed by atoms with Gasteiger partial charge in [-0.2, -0.15) is 0 Å². The van der Waals surface area contributed by atoms with Crippen molar-refractivity contribution in [3.8, 4) is 17.2 Å². The van der Waals surface area contributed by atoms with Crippen molar-refractivity contribution in [3.63, 3.8) is 0 Å². The third kappa shape index (κ3) is 5.53. The van der Waals surface area contributed by atoms with E-state index in [1.165, 1.54) is 0 Å². The van der Waals surface area contributed by atoms with Gasteiger partial charge in [-0.3, -0.25) is 0 Å². The number of nitrogens with one attached hydrogen (secondary N) is 1. The van der Waals surface area contributed by atoms with Gasteiger partial charge < -0.3 is 38.5 Å². The van der Waals surface area contributed by atoms with Crippen molar-refractivity contribution in [2.45, 2.75) is 51.4 Å². The molecule has 1 saturated heterocycles. The maximum atomic E-state index is 6.48. The number of methoxy groups -OCH3 is 2. The van der Waals surface area contributed by atoms with Crippen LogP contribution in [0.4, 0.5) is 0 Å². The molecule has 0 amide bonds. The lowest BCUT2D eigenvalue weighted by Gasteiger charge is -2.47. The monoisotopic (exact) mass is 499 g/mol. The summed E-state index contributed by atoms with van der Waals surface area (Å²) in [4.78, 5) is 0. The molecular formula is C28H37NO7. The van der Waals surface area contributed by atoms with E-state index < -0.39 is 5.79 Å². The maximum Gasteiger partial charge on any atom is 0.188 e. The number of ether oxygens (including phenoxy) is 7. The molecule has 3 atom stereocenters. The number of rotatable bonds is 11. The minimum absolute atomic E-state index is 0.0657. The van der Waals surface area contributed by atoms with E-state index in [4.69, 9.17) is 33.2 Å².